The summed E-state index contributed by atoms with van der Waals surface area (Å²) in [6.07, 6.45) is 0.399. The minimum atomic E-state index is -0.0269. The zero-order chi connectivity index (χ0) is 14.7. The van der Waals surface area contributed by atoms with Gasteiger partial charge in [-0.1, -0.05) is 18.2 Å². The van der Waals surface area contributed by atoms with Crippen LogP contribution in [-0.4, -0.2) is 10.9 Å². The molecule has 3 rings (SSSR count). The van der Waals surface area contributed by atoms with Gasteiger partial charge in [-0.05, 0) is 46.2 Å². The molecular formula is C15H11IN2OS2. The Bertz CT molecular complexity index is 735. The minimum Gasteiger partial charge on any atom is -0.302 e. The van der Waals surface area contributed by atoms with Crippen LogP contribution in [0.25, 0.3) is 11.3 Å². The Hall–Kier alpha value is -1.25. The fourth-order valence-corrected chi connectivity index (χ4v) is 3.62. The number of carbonyl (C=O) groups excluding carboxylic acids is 1. The summed E-state index contributed by atoms with van der Waals surface area (Å²) < 4.78 is 1.19. The molecule has 0 saturated carbocycles. The molecule has 2 aromatic heterocycles. The Balaban J connectivity index is 1.67. The molecule has 106 valence electrons. The van der Waals surface area contributed by atoms with Crippen molar-refractivity contribution < 1.29 is 4.79 Å². The molecule has 0 aliphatic carbocycles. The number of nitrogens with zero attached hydrogens (tertiary/aromatic N) is 1. The van der Waals surface area contributed by atoms with E-state index in [1.54, 1.807) is 11.3 Å². The van der Waals surface area contributed by atoms with E-state index in [1.165, 1.54) is 14.9 Å². The molecule has 2 heterocycles. The summed E-state index contributed by atoms with van der Waals surface area (Å²) in [6.45, 7) is 0. The highest BCUT2D eigenvalue weighted by atomic mass is 127. The third-order valence-electron chi connectivity index (χ3n) is 2.81. The van der Waals surface area contributed by atoms with Crippen LogP contribution < -0.4 is 5.32 Å². The molecule has 3 aromatic rings. The largest absolute Gasteiger partial charge is 0.302 e. The molecule has 3 nitrogen and oxygen atoms in total. The van der Waals surface area contributed by atoms with Gasteiger partial charge in [0.15, 0.2) is 5.13 Å². The molecule has 0 bridgehead atoms. The van der Waals surface area contributed by atoms with Gasteiger partial charge in [0.25, 0.3) is 0 Å². The molecule has 0 saturated heterocycles. The standard InChI is InChI=1S/C15H11IN2OS2/c16-11-5-3-10(4-6-11)13-9-21-15(17-13)18-14(19)8-12-2-1-7-20-12/h1-7,9H,8H2,(H,17,18,19). The molecule has 0 radical (unpaired) electrons. The molecule has 21 heavy (non-hydrogen) atoms. The molecule has 0 spiro atoms. The number of aromatic nitrogens is 1. The van der Waals surface area contributed by atoms with Crippen LogP contribution in [-0.2, 0) is 11.2 Å². The van der Waals surface area contributed by atoms with Crippen LogP contribution in [0.1, 0.15) is 4.88 Å². The monoisotopic (exact) mass is 426 g/mol. The van der Waals surface area contributed by atoms with Crippen molar-refractivity contribution in [3.05, 3.63) is 55.6 Å². The maximum absolute atomic E-state index is 11.9. The summed E-state index contributed by atoms with van der Waals surface area (Å²) in [7, 11) is 0. The average Bonchev–Trinajstić information content (AvgIpc) is 3.11. The van der Waals surface area contributed by atoms with Gasteiger partial charge in [0, 0.05) is 19.4 Å². The third-order valence-corrected chi connectivity index (χ3v) is 5.16. The number of nitrogens with one attached hydrogen (secondary N) is 1. The van der Waals surface area contributed by atoms with Crippen molar-refractivity contribution in [2.45, 2.75) is 6.42 Å². The van der Waals surface area contributed by atoms with Gasteiger partial charge in [-0.25, -0.2) is 4.98 Å². The van der Waals surface area contributed by atoms with Crippen LogP contribution in [0.2, 0.25) is 0 Å². The van der Waals surface area contributed by atoms with Crippen molar-refractivity contribution in [2.24, 2.45) is 0 Å². The number of hydrogen-bond donors (Lipinski definition) is 1. The maximum atomic E-state index is 11.9. The first kappa shape index (κ1) is 14.7. The van der Waals surface area contributed by atoms with E-state index in [9.17, 15) is 4.79 Å². The molecule has 1 aromatic carbocycles. The fraction of sp³-hybridized carbons (Fsp3) is 0.0667. The lowest BCUT2D eigenvalue weighted by Crippen LogP contribution is -2.13. The summed E-state index contributed by atoms with van der Waals surface area (Å²) in [5.74, 6) is -0.0269. The van der Waals surface area contributed by atoms with Crippen molar-refractivity contribution in [1.29, 1.82) is 0 Å². The summed E-state index contributed by atoms with van der Waals surface area (Å²) in [4.78, 5) is 17.5. The van der Waals surface area contributed by atoms with Crippen molar-refractivity contribution in [3.63, 3.8) is 0 Å². The first-order valence-corrected chi connectivity index (χ1v) is 9.08. The lowest BCUT2D eigenvalue weighted by Gasteiger charge is -2.00. The van der Waals surface area contributed by atoms with E-state index in [4.69, 9.17) is 0 Å². The molecule has 0 unspecified atom stereocenters. The van der Waals surface area contributed by atoms with Gasteiger partial charge in [0.1, 0.15) is 0 Å². The fourth-order valence-electron chi connectivity index (χ4n) is 1.82. The second kappa shape index (κ2) is 6.67. The third kappa shape index (κ3) is 3.90. The molecular weight excluding hydrogens is 415 g/mol. The number of amides is 1. The number of carbonyl (C=O) groups is 1. The normalized spacial score (nSPS) is 10.5. The minimum absolute atomic E-state index is 0.0269. The Morgan fingerprint density at radius 1 is 1.19 bits per heavy atom. The van der Waals surface area contributed by atoms with Crippen molar-refractivity contribution in [2.75, 3.05) is 5.32 Å². The second-order valence-corrected chi connectivity index (χ2v) is 7.49. The van der Waals surface area contributed by atoms with Gasteiger partial charge in [-0.15, -0.1) is 22.7 Å². The first-order valence-electron chi connectivity index (χ1n) is 6.24. The van der Waals surface area contributed by atoms with Gasteiger partial charge in [0.05, 0.1) is 12.1 Å². The molecule has 1 amide bonds. The zero-order valence-electron chi connectivity index (χ0n) is 10.9. The zero-order valence-corrected chi connectivity index (χ0v) is 14.7. The van der Waals surface area contributed by atoms with E-state index in [0.717, 1.165) is 16.1 Å². The maximum Gasteiger partial charge on any atom is 0.231 e. The number of hydrogen-bond acceptors (Lipinski definition) is 4. The summed E-state index contributed by atoms with van der Waals surface area (Å²) in [5, 5.41) is 7.43. The van der Waals surface area contributed by atoms with Gasteiger partial charge < -0.3 is 5.32 Å². The van der Waals surface area contributed by atoms with Crippen molar-refractivity contribution in [1.82, 2.24) is 4.98 Å². The quantitative estimate of drug-likeness (QED) is 0.617. The van der Waals surface area contributed by atoms with Gasteiger partial charge in [-0.3, -0.25) is 4.79 Å². The Morgan fingerprint density at radius 2 is 2.00 bits per heavy atom. The van der Waals surface area contributed by atoms with Crippen LogP contribution in [0.3, 0.4) is 0 Å². The van der Waals surface area contributed by atoms with Crippen LogP contribution in [0.4, 0.5) is 5.13 Å². The molecule has 0 aliphatic rings. The number of anilines is 1. The molecule has 0 atom stereocenters. The SMILES string of the molecule is O=C(Cc1cccs1)Nc1nc(-c2ccc(I)cc2)cs1. The highest BCUT2D eigenvalue weighted by Crippen LogP contribution is 2.25. The van der Waals surface area contributed by atoms with E-state index < -0.39 is 0 Å². The van der Waals surface area contributed by atoms with E-state index in [-0.39, 0.29) is 5.91 Å². The highest BCUT2D eigenvalue weighted by molar-refractivity contribution is 14.1. The number of benzene rings is 1. The lowest BCUT2D eigenvalue weighted by atomic mass is 10.2. The number of rotatable bonds is 4. The Morgan fingerprint density at radius 3 is 2.71 bits per heavy atom. The average molecular weight is 426 g/mol. The highest BCUT2D eigenvalue weighted by Gasteiger charge is 2.09. The van der Waals surface area contributed by atoms with Crippen LogP contribution >= 0.6 is 45.3 Å². The Labute approximate surface area is 144 Å². The molecule has 0 fully saturated rings. The predicted molar refractivity (Wildman–Crippen MR) is 96.9 cm³/mol. The van der Waals surface area contributed by atoms with Gasteiger partial charge in [-0.2, -0.15) is 0 Å². The second-order valence-electron chi connectivity index (χ2n) is 4.35. The smallest absolute Gasteiger partial charge is 0.231 e. The molecule has 6 heteroatoms. The first-order chi connectivity index (χ1) is 10.2. The van der Waals surface area contributed by atoms with Crippen LogP contribution in [0.5, 0.6) is 0 Å². The lowest BCUT2D eigenvalue weighted by molar-refractivity contribution is -0.115. The van der Waals surface area contributed by atoms with Crippen LogP contribution in [0.15, 0.2) is 47.2 Å². The Kier molecular flexibility index (Phi) is 4.67. The van der Waals surface area contributed by atoms with Crippen LogP contribution in [0, 0.1) is 3.57 Å². The van der Waals surface area contributed by atoms with E-state index >= 15 is 0 Å². The topological polar surface area (TPSA) is 42.0 Å². The molecule has 1 N–H and O–H groups in total. The summed E-state index contributed by atoms with van der Waals surface area (Å²) in [6, 6.07) is 12.1. The number of thiophene rings is 1. The van der Waals surface area contributed by atoms with Crippen molar-refractivity contribution in [3.8, 4) is 11.3 Å². The van der Waals surface area contributed by atoms with Gasteiger partial charge in [0.2, 0.25) is 5.91 Å². The van der Waals surface area contributed by atoms with E-state index in [2.05, 4.69) is 32.9 Å². The summed E-state index contributed by atoms with van der Waals surface area (Å²) >= 11 is 5.31. The van der Waals surface area contributed by atoms with Gasteiger partial charge >= 0.3 is 0 Å². The van der Waals surface area contributed by atoms with E-state index in [0.29, 0.717) is 11.6 Å². The summed E-state index contributed by atoms with van der Waals surface area (Å²) in [5.41, 5.74) is 1.95. The van der Waals surface area contributed by atoms with Crippen molar-refractivity contribution >= 4 is 56.3 Å². The molecule has 0 aliphatic heterocycles. The van der Waals surface area contributed by atoms with E-state index in [1.807, 2.05) is 47.2 Å². The predicted octanol–water partition coefficient (Wildman–Crippen LogP) is 4.66. The number of halogens is 1. The number of thiazole rings is 1.